The zero-order valence-electron chi connectivity index (χ0n) is 11.6. The van der Waals surface area contributed by atoms with Gasteiger partial charge >= 0.3 is 0 Å². The van der Waals surface area contributed by atoms with Crippen LogP contribution in [0.1, 0.15) is 0 Å². The van der Waals surface area contributed by atoms with Crippen molar-refractivity contribution < 1.29 is 9.18 Å². The third-order valence-electron chi connectivity index (χ3n) is 3.09. The van der Waals surface area contributed by atoms with Gasteiger partial charge in [0.05, 0.1) is 17.1 Å². The molecule has 110 valence electrons. The average molecular weight is 296 g/mol. The fourth-order valence-electron chi connectivity index (χ4n) is 1.99. The van der Waals surface area contributed by atoms with E-state index in [1.54, 1.807) is 12.1 Å². The molecule has 2 N–H and O–H groups in total. The zero-order valence-corrected chi connectivity index (χ0v) is 11.6. The van der Waals surface area contributed by atoms with E-state index in [2.05, 4.69) is 22.5 Å². The highest BCUT2D eigenvalue weighted by atomic mass is 19.1. The molecule has 0 unspecified atom stereocenters. The first kappa shape index (κ1) is 13.8. The van der Waals surface area contributed by atoms with Gasteiger partial charge in [-0.1, -0.05) is 24.8 Å². The molecule has 5 nitrogen and oxygen atoms in total. The molecule has 1 fully saturated rings. The molecule has 1 aliphatic rings. The molecule has 0 aliphatic carbocycles. The normalized spacial score (nSPS) is 16.0. The fourth-order valence-corrected chi connectivity index (χ4v) is 1.99. The standard InChI is InChI=1S/C16H13FN4O/c1-11-15(19-18-13-9-7-12(17)8-10-13)16(22)21(20-11)14-5-3-2-4-6-14/h2-10,18,20H,1H2/b19-15+. The molecular weight excluding hydrogens is 283 g/mol. The van der Waals surface area contributed by atoms with Crippen LogP contribution in [-0.2, 0) is 4.79 Å². The van der Waals surface area contributed by atoms with E-state index < -0.39 is 0 Å². The Hall–Kier alpha value is -3.15. The maximum absolute atomic E-state index is 12.8. The van der Waals surface area contributed by atoms with E-state index in [0.29, 0.717) is 17.1 Å². The SMILES string of the molecule is C=C1NN(c2ccccc2)C(=O)/C1=N/Nc1ccc(F)cc1. The minimum atomic E-state index is -0.337. The number of anilines is 2. The quantitative estimate of drug-likeness (QED) is 0.856. The molecule has 1 heterocycles. The third-order valence-corrected chi connectivity index (χ3v) is 3.09. The number of carbonyl (C=O) groups excluding carboxylic acids is 1. The fraction of sp³-hybridized carbons (Fsp3) is 0. The topological polar surface area (TPSA) is 56.7 Å². The van der Waals surface area contributed by atoms with Gasteiger partial charge in [0, 0.05) is 0 Å². The summed E-state index contributed by atoms with van der Waals surface area (Å²) in [6, 6.07) is 14.8. The van der Waals surface area contributed by atoms with Crippen LogP contribution < -0.4 is 15.9 Å². The third kappa shape index (κ3) is 2.67. The number of hydrogen-bond acceptors (Lipinski definition) is 4. The highest BCUT2D eigenvalue weighted by Crippen LogP contribution is 2.18. The van der Waals surface area contributed by atoms with Gasteiger partial charge in [-0.25, -0.2) is 9.40 Å². The number of hydrazone groups is 1. The van der Waals surface area contributed by atoms with Crippen LogP contribution in [0.3, 0.4) is 0 Å². The van der Waals surface area contributed by atoms with Crippen LogP contribution in [0, 0.1) is 5.82 Å². The van der Waals surface area contributed by atoms with Crippen LogP contribution in [0.25, 0.3) is 0 Å². The van der Waals surface area contributed by atoms with Gasteiger partial charge in [-0.05, 0) is 36.4 Å². The number of amides is 1. The number of rotatable bonds is 3. The number of para-hydroxylation sites is 1. The molecule has 6 heteroatoms. The molecular formula is C16H13FN4O. The van der Waals surface area contributed by atoms with E-state index in [1.807, 2.05) is 18.2 Å². The van der Waals surface area contributed by atoms with Gasteiger partial charge in [-0.3, -0.25) is 15.6 Å². The van der Waals surface area contributed by atoms with Crippen LogP contribution in [-0.4, -0.2) is 11.6 Å². The molecule has 3 rings (SSSR count). The Balaban J connectivity index is 1.79. The van der Waals surface area contributed by atoms with Crippen molar-refractivity contribution in [3.63, 3.8) is 0 Å². The Morgan fingerprint density at radius 1 is 1.09 bits per heavy atom. The van der Waals surface area contributed by atoms with Gasteiger partial charge in [0.1, 0.15) is 5.82 Å². The Kier molecular flexibility index (Phi) is 3.57. The van der Waals surface area contributed by atoms with Crippen LogP contribution in [0.15, 0.2) is 72.0 Å². The van der Waals surface area contributed by atoms with Gasteiger partial charge in [0.25, 0.3) is 5.91 Å². The summed E-state index contributed by atoms with van der Waals surface area (Å²) in [7, 11) is 0. The summed E-state index contributed by atoms with van der Waals surface area (Å²) < 4.78 is 12.8. The number of nitrogens with zero attached hydrogens (tertiary/aromatic N) is 2. The molecule has 0 atom stereocenters. The Labute approximate surface area is 126 Å². The minimum absolute atomic E-state index is 0.174. The number of benzene rings is 2. The zero-order chi connectivity index (χ0) is 15.5. The highest BCUT2D eigenvalue weighted by Gasteiger charge is 2.32. The van der Waals surface area contributed by atoms with E-state index in [4.69, 9.17) is 0 Å². The molecule has 2 aromatic rings. The second-order valence-corrected chi connectivity index (χ2v) is 4.65. The molecule has 1 saturated heterocycles. The molecule has 0 saturated carbocycles. The number of hydrazine groups is 1. The first-order valence-corrected chi connectivity index (χ1v) is 6.60. The summed E-state index contributed by atoms with van der Waals surface area (Å²) in [5.74, 6) is -0.651. The second kappa shape index (κ2) is 5.69. The van der Waals surface area contributed by atoms with E-state index >= 15 is 0 Å². The molecule has 2 aromatic carbocycles. The number of nitrogens with one attached hydrogen (secondary N) is 2. The van der Waals surface area contributed by atoms with Crippen molar-refractivity contribution in [2.24, 2.45) is 5.10 Å². The van der Waals surface area contributed by atoms with Crippen LogP contribution in [0.2, 0.25) is 0 Å². The molecule has 0 spiro atoms. The van der Waals surface area contributed by atoms with Crippen molar-refractivity contribution in [3.8, 4) is 0 Å². The summed E-state index contributed by atoms with van der Waals surface area (Å²) in [6.45, 7) is 3.78. The highest BCUT2D eigenvalue weighted by molar-refractivity contribution is 6.51. The van der Waals surface area contributed by atoms with E-state index in [-0.39, 0.29) is 17.4 Å². The number of halogens is 1. The molecule has 22 heavy (non-hydrogen) atoms. The molecule has 0 bridgehead atoms. The smallest absolute Gasteiger partial charge is 0.289 e. The lowest BCUT2D eigenvalue weighted by atomic mass is 10.3. The van der Waals surface area contributed by atoms with Gasteiger partial charge in [-0.15, -0.1) is 0 Å². The number of hydrogen-bond donors (Lipinski definition) is 2. The van der Waals surface area contributed by atoms with Crippen LogP contribution in [0.5, 0.6) is 0 Å². The Bertz CT molecular complexity index is 741. The molecule has 1 amide bonds. The van der Waals surface area contributed by atoms with E-state index in [0.717, 1.165) is 0 Å². The molecule has 1 aliphatic heterocycles. The van der Waals surface area contributed by atoms with Gasteiger partial charge in [0.15, 0.2) is 5.71 Å². The lowest BCUT2D eigenvalue weighted by Crippen LogP contribution is -2.34. The van der Waals surface area contributed by atoms with Gasteiger partial charge in [0.2, 0.25) is 0 Å². The first-order valence-electron chi connectivity index (χ1n) is 6.60. The molecule has 0 radical (unpaired) electrons. The monoisotopic (exact) mass is 296 g/mol. The molecule has 0 aromatic heterocycles. The first-order chi connectivity index (χ1) is 10.6. The van der Waals surface area contributed by atoms with Crippen LogP contribution >= 0.6 is 0 Å². The second-order valence-electron chi connectivity index (χ2n) is 4.65. The van der Waals surface area contributed by atoms with E-state index in [1.165, 1.54) is 29.3 Å². The number of carbonyl (C=O) groups is 1. The summed E-state index contributed by atoms with van der Waals surface area (Å²) in [5.41, 5.74) is 7.43. The predicted octanol–water partition coefficient (Wildman–Crippen LogP) is 2.66. The van der Waals surface area contributed by atoms with E-state index in [9.17, 15) is 9.18 Å². The average Bonchev–Trinajstić information content (AvgIpc) is 2.82. The van der Waals surface area contributed by atoms with Gasteiger partial charge < -0.3 is 0 Å². The minimum Gasteiger partial charge on any atom is -0.289 e. The summed E-state index contributed by atoms with van der Waals surface area (Å²) in [5, 5.41) is 5.42. The Morgan fingerprint density at radius 2 is 1.77 bits per heavy atom. The van der Waals surface area contributed by atoms with Crippen molar-refractivity contribution in [1.82, 2.24) is 5.43 Å². The van der Waals surface area contributed by atoms with Crippen molar-refractivity contribution >= 4 is 23.0 Å². The largest absolute Gasteiger partial charge is 0.299 e. The van der Waals surface area contributed by atoms with Crippen LogP contribution in [0.4, 0.5) is 15.8 Å². The van der Waals surface area contributed by atoms with Crippen molar-refractivity contribution in [3.05, 3.63) is 72.7 Å². The predicted molar refractivity (Wildman–Crippen MR) is 83.7 cm³/mol. The van der Waals surface area contributed by atoms with Crippen molar-refractivity contribution in [1.29, 1.82) is 0 Å². The lowest BCUT2D eigenvalue weighted by molar-refractivity contribution is -0.112. The maximum atomic E-state index is 12.8. The van der Waals surface area contributed by atoms with Crippen molar-refractivity contribution in [2.45, 2.75) is 0 Å². The lowest BCUT2D eigenvalue weighted by Gasteiger charge is -2.14. The Morgan fingerprint density at radius 3 is 2.45 bits per heavy atom. The van der Waals surface area contributed by atoms with Gasteiger partial charge in [-0.2, -0.15) is 5.10 Å². The summed E-state index contributed by atoms with van der Waals surface area (Å²) >= 11 is 0. The van der Waals surface area contributed by atoms with Crippen molar-refractivity contribution in [2.75, 3.05) is 10.4 Å². The summed E-state index contributed by atoms with van der Waals surface area (Å²) in [4.78, 5) is 12.4. The maximum Gasteiger partial charge on any atom is 0.299 e. The summed E-state index contributed by atoms with van der Waals surface area (Å²) in [6.07, 6.45) is 0.